The van der Waals surface area contributed by atoms with Crippen LogP contribution < -0.4 is 25.4 Å². The molecule has 1 aliphatic heterocycles. The maximum atomic E-state index is 13.2. The summed E-state index contributed by atoms with van der Waals surface area (Å²) < 4.78 is 10.8. The van der Waals surface area contributed by atoms with Crippen molar-refractivity contribution in [1.29, 1.82) is 0 Å². The minimum atomic E-state index is -1.12. The van der Waals surface area contributed by atoms with Crippen LogP contribution in [0.5, 0.6) is 11.5 Å². The molecule has 2 aromatic rings. The summed E-state index contributed by atoms with van der Waals surface area (Å²) in [5.41, 5.74) is 4.12. The summed E-state index contributed by atoms with van der Waals surface area (Å²) in [6.07, 6.45) is -1.08. The van der Waals surface area contributed by atoms with Gasteiger partial charge in [0.05, 0.1) is 18.7 Å². The van der Waals surface area contributed by atoms with Gasteiger partial charge in [0.1, 0.15) is 0 Å². The first-order valence-electron chi connectivity index (χ1n) is 10.3. The van der Waals surface area contributed by atoms with Gasteiger partial charge in [-0.2, -0.15) is 0 Å². The van der Waals surface area contributed by atoms with Crippen molar-refractivity contribution in [2.75, 3.05) is 12.4 Å². The molecule has 0 saturated heterocycles. The first kappa shape index (κ1) is 23.6. The van der Waals surface area contributed by atoms with E-state index >= 15 is 0 Å². The lowest BCUT2D eigenvalue weighted by molar-refractivity contribution is -0.144. The van der Waals surface area contributed by atoms with Crippen LogP contribution in [-0.4, -0.2) is 36.2 Å². The molecular formula is C24H27N3O6. The first-order chi connectivity index (χ1) is 15.6. The Hall–Kier alpha value is -4.01. The number of rotatable bonds is 7. The minimum Gasteiger partial charge on any atom is -0.493 e. The Morgan fingerprint density at radius 2 is 1.79 bits per heavy atom. The molecule has 0 radical (unpaired) electrons. The van der Waals surface area contributed by atoms with Crippen LogP contribution in [-0.2, 0) is 9.59 Å². The molecule has 0 unspecified atom stereocenters. The molecule has 1 heterocycles. The number of carboxylic acid groups (broad SMARTS) is 1. The first-order valence-corrected chi connectivity index (χ1v) is 10.3. The van der Waals surface area contributed by atoms with Gasteiger partial charge in [0, 0.05) is 11.4 Å². The van der Waals surface area contributed by atoms with Gasteiger partial charge in [-0.1, -0.05) is 12.1 Å². The van der Waals surface area contributed by atoms with E-state index in [-0.39, 0.29) is 17.4 Å². The van der Waals surface area contributed by atoms with Crippen molar-refractivity contribution in [3.63, 3.8) is 0 Å². The van der Waals surface area contributed by atoms with Crippen LogP contribution in [0, 0.1) is 13.8 Å². The number of carbonyl (C=O) groups is 3. The molecule has 4 N–H and O–H groups in total. The molecule has 3 amide bonds. The largest absolute Gasteiger partial charge is 0.493 e. The van der Waals surface area contributed by atoms with Crippen molar-refractivity contribution in [3.05, 3.63) is 64.4 Å². The van der Waals surface area contributed by atoms with Crippen LogP contribution in [0.2, 0.25) is 0 Å². The van der Waals surface area contributed by atoms with E-state index in [1.54, 1.807) is 25.1 Å². The predicted molar refractivity (Wildman–Crippen MR) is 122 cm³/mol. The van der Waals surface area contributed by atoms with Crippen molar-refractivity contribution < 1.29 is 29.0 Å². The number of carbonyl (C=O) groups excluding carboxylic acids is 2. The highest BCUT2D eigenvalue weighted by Crippen LogP contribution is 2.35. The molecule has 9 nitrogen and oxygen atoms in total. The molecule has 0 bridgehead atoms. The summed E-state index contributed by atoms with van der Waals surface area (Å²) in [7, 11) is 1.42. The number of urea groups is 1. The monoisotopic (exact) mass is 453 g/mol. The third kappa shape index (κ3) is 5.25. The number of hydrogen-bond acceptors (Lipinski definition) is 5. The van der Waals surface area contributed by atoms with Crippen molar-refractivity contribution in [2.45, 2.75) is 39.8 Å². The van der Waals surface area contributed by atoms with Gasteiger partial charge >= 0.3 is 12.0 Å². The Bertz CT molecular complexity index is 1140. The quantitative estimate of drug-likeness (QED) is 0.509. The van der Waals surface area contributed by atoms with E-state index in [1.807, 2.05) is 32.0 Å². The Labute approximate surface area is 191 Å². The van der Waals surface area contributed by atoms with Crippen LogP contribution in [0.25, 0.3) is 0 Å². The van der Waals surface area contributed by atoms with E-state index in [1.165, 1.54) is 14.0 Å². The van der Waals surface area contributed by atoms with Gasteiger partial charge in [-0.3, -0.25) is 4.79 Å². The highest BCUT2D eigenvalue weighted by Gasteiger charge is 2.32. The maximum Gasteiger partial charge on any atom is 0.344 e. The third-order valence-corrected chi connectivity index (χ3v) is 5.45. The van der Waals surface area contributed by atoms with Gasteiger partial charge in [-0.25, -0.2) is 9.59 Å². The number of methoxy groups -OCH3 is 1. The summed E-state index contributed by atoms with van der Waals surface area (Å²) in [6, 6.07) is 9.23. The summed E-state index contributed by atoms with van der Waals surface area (Å²) in [6.45, 7) is 7.01. The van der Waals surface area contributed by atoms with E-state index < -0.39 is 24.1 Å². The number of amides is 3. The second-order valence-corrected chi connectivity index (χ2v) is 7.83. The van der Waals surface area contributed by atoms with Crippen LogP contribution in [0.15, 0.2) is 47.7 Å². The fourth-order valence-corrected chi connectivity index (χ4v) is 3.46. The number of ether oxygens (including phenoxy) is 2. The third-order valence-electron chi connectivity index (χ3n) is 5.45. The average molecular weight is 453 g/mol. The van der Waals surface area contributed by atoms with Gasteiger partial charge in [0.15, 0.2) is 17.6 Å². The van der Waals surface area contributed by atoms with Gasteiger partial charge < -0.3 is 30.5 Å². The zero-order chi connectivity index (χ0) is 24.3. The van der Waals surface area contributed by atoms with Gasteiger partial charge in [-0.05, 0) is 68.7 Å². The van der Waals surface area contributed by atoms with E-state index in [4.69, 9.17) is 14.6 Å². The number of carboxylic acids is 1. The number of aryl methyl sites for hydroxylation is 2. The zero-order valence-corrected chi connectivity index (χ0v) is 19.1. The summed E-state index contributed by atoms with van der Waals surface area (Å²) in [5.74, 6) is -0.971. The van der Waals surface area contributed by atoms with E-state index in [0.29, 0.717) is 22.5 Å². The molecule has 0 spiro atoms. The summed E-state index contributed by atoms with van der Waals surface area (Å²) >= 11 is 0. The van der Waals surface area contributed by atoms with E-state index in [2.05, 4.69) is 16.0 Å². The lowest BCUT2D eigenvalue weighted by Crippen LogP contribution is -2.46. The van der Waals surface area contributed by atoms with Crippen LogP contribution in [0.1, 0.15) is 36.6 Å². The number of benzene rings is 2. The number of hydrogen-bond donors (Lipinski definition) is 4. The predicted octanol–water partition coefficient (Wildman–Crippen LogP) is 3.43. The topological polar surface area (TPSA) is 126 Å². The minimum absolute atomic E-state index is 0.234. The molecule has 0 aromatic heterocycles. The second-order valence-electron chi connectivity index (χ2n) is 7.83. The summed E-state index contributed by atoms with van der Waals surface area (Å²) in [4.78, 5) is 36.5. The van der Waals surface area contributed by atoms with Crippen molar-refractivity contribution in [2.24, 2.45) is 0 Å². The van der Waals surface area contributed by atoms with Gasteiger partial charge in [0.25, 0.3) is 5.91 Å². The molecule has 174 valence electrons. The number of allylic oxidation sites excluding steroid dienone is 1. The molecule has 3 rings (SSSR count). The molecule has 33 heavy (non-hydrogen) atoms. The fraction of sp³-hybridized carbons (Fsp3) is 0.292. The standard InChI is InChI=1S/C24H27N3O6/c1-12-6-8-17(10-13(12)2)26-22(28)20-14(3)25-24(31)27-21(20)16-7-9-18(19(11-16)32-5)33-15(4)23(29)30/h6-11,15,21H,1-5H3,(H,26,28)(H,29,30)(H2,25,27,31)/t15-,21+/m0/s1. The molecule has 0 aliphatic carbocycles. The van der Waals surface area contributed by atoms with Crippen LogP contribution in [0.4, 0.5) is 10.5 Å². The Kier molecular flexibility index (Phi) is 6.91. The molecule has 1 aliphatic rings. The van der Waals surface area contributed by atoms with Crippen LogP contribution >= 0.6 is 0 Å². The van der Waals surface area contributed by atoms with Crippen molar-refractivity contribution in [3.8, 4) is 11.5 Å². The Morgan fingerprint density at radius 1 is 1.06 bits per heavy atom. The van der Waals surface area contributed by atoms with Crippen molar-refractivity contribution in [1.82, 2.24) is 10.6 Å². The average Bonchev–Trinajstić information content (AvgIpc) is 2.75. The van der Waals surface area contributed by atoms with Crippen LogP contribution in [0.3, 0.4) is 0 Å². The van der Waals surface area contributed by atoms with E-state index in [9.17, 15) is 14.4 Å². The number of nitrogens with one attached hydrogen (secondary N) is 3. The molecule has 2 atom stereocenters. The molecule has 0 saturated carbocycles. The fourth-order valence-electron chi connectivity index (χ4n) is 3.46. The maximum absolute atomic E-state index is 13.2. The van der Waals surface area contributed by atoms with Crippen molar-refractivity contribution >= 4 is 23.6 Å². The number of aliphatic carboxylic acids is 1. The van der Waals surface area contributed by atoms with Gasteiger partial charge in [0.2, 0.25) is 0 Å². The lowest BCUT2D eigenvalue weighted by Gasteiger charge is -2.29. The van der Waals surface area contributed by atoms with E-state index in [0.717, 1.165) is 11.1 Å². The molecule has 0 fully saturated rings. The summed E-state index contributed by atoms with van der Waals surface area (Å²) in [5, 5.41) is 17.4. The SMILES string of the molecule is COc1cc([C@H]2NC(=O)NC(C)=C2C(=O)Nc2ccc(C)c(C)c2)ccc1O[C@@H](C)C(=O)O. The zero-order valence-electron chi connectivity index (χ0n) is 19.1. The van der Waals surface area contributed by atoms with Gasteiger partial charge in [-0.15, -0.1) is 0 Å². The Balaban J connectivity index is 1.94. The number of anilines is 1. The highest BCUT2D eigenvalue weighted by atomic mass is 16.5. The second kappa shape index (κ2) is 9.64. The smallest absolute Gasteiger partial charge is 0.344 e. The normalized spacial score (nSPS) is 16.4. The Morgan fingerprint density at radius 3 is 2.42 bits per heavy atom. The highest BCUT2D eigenvalue weighted by molar-refractivity contribution is 6.06. The molecular weight excluding hydrogens is 426 g/mol. The lowest BCUT2D eigenvalue weighted by atomic mass is 9.94. The molecule has 9 heteroatoms. The molecule has 2 aromatic carbocycles.